The lowest BCUT2D eigenvalue weighted by Gasteiger charge is -2.31. The molecule has 0 aliphatic heterocycles. The molecule has 0 saturated carbocycles. The van der Waals surface area contributed by atoms with Gasteiger partial charge in [-0.15, -0.1) is 0 Å². The molecule has 0 fully saturated rings. The molecule has 2 amide bonds. The second-order valence-electron chi connectivity index (χ2n) is 6.98. The second-order valence-corrected chi connectivity index (χ2v) is 8.89. The highest BCUT2D eigenvalue weighted by molar-refractivity contribution is 7.92. The molecule has 2 aromatic carbocycles. The summed E-state index contributed by atoms with van der Waals surface area (Å²) in [5.41, 5.74) is 0.746. The summed E-state index contributed by atoms with van der Waals surface area (Å²) in [5.74, 6) is -3.44. The molecular weight excluding hydrogens is 428 g/mol. The fraction of sp³-hybridized carbons (Fsp3) is 0.333. The number of halogens is 2. The van der Waals surface area contributed by atoms with Crippen molar-refractivity contribution in [1.29, 1.82) is 0 Å². The van der Waals surface area contributed by atoms with Crippen LogP contribution in [0, 0.1) is 11.6 Å². The van der Waals surface area contributed by atoms with Gasteiger partial charge in [-0.05, 0) is 31.0 Å². The zero-order valence-electron chi connectivity index (χ0n) is 17.5. The molecule has 1 N–H and O–H groups in total. The van der Waals surface area contributed by atoms with Crippen molar-refractivity contribution in [3.05, 3.63) is 65.7 Å². The number of nitrogens with one attached hydrogen (secondary N) is 1. The van der Waals surface area contributed by atoms with Crippen molar-refractivity contribution in [3.8, 4) is 0 Å². The van der Waals surface area contributed by atoms with Crippen LogP contribution in [0.4, 0.5) is 14.5 Å². The molecule has 2 aromatic rings. The van der Waals surface area contributed by atoms with E-state index in [0.717, 1.165) is 24.0 Å². The van der Waals surface area contributed by atoms with E-state index in [1.807, 2.05) is 30.3 Å². The molecule has 0 spiro atoms. The van der Waals surface area contributed by atoms with Gasteiger partial charge in [0.25, 0.3) is 0 Å². The average molecular weight is 454 g/mol. The van der Waals surface area contributed by atoms with E-state index in [9.17, 15) is 26.8 Å². The fourth-order valence-electron chi connectivity index (χ4n) is 3.03. The van der Waals surface area contributed by atoms with Gasteiger partial charge in [-0.1, -0.05) is 30.3 Å². The molecule has 10 heteroatoms. The Bertz CT molecular complexity index is 1030. The normalized spacial score (nSPS) is 12.2. The van der Waals surface area contributed by atoms with Crippen molar-refractivity contribution >= 4 is 27.5 Å². The molecule has 0 aliphatic rings. The first kappa shape index (κ1) is 24.3. The van der Waals surface area contributed by atoms with Crippen LogP contribution in [0.3, 0.4) is 0 Å². The van der Waals surface area contributed by atoms with E-state index in [1.165, 1.54) is 18.9 Å². The van der Waals surface area contributed by atoms with Gasteiger partial charge in [0, 0.05) is 19.7 Å². The number of carbonyl (C=O) groups is 2. The molecule has 0 aromatic heterocycles. The van der Waals surface area contributed by atoms with Crippen molar-refractivity contribution < 1.29 is 26.8 Å². The van der Waals surface area contributed by atoms with E-state index < -0.39 is 46.1 Å². The van der Waals surface area contributed by atoms with Crippen molar-refractivity contribution in [2.75, 3.05) is 30.7 Å². The summed E-state index contributed by atoms with van der Waals surface area (Å²) in [5, 5.41) is 2.47. The quantitative estimate of drug-likeness (QED) is 0.629. The van der Waals surface area contributed by atoms with Crippen LogP contribution in [0.15, 0.2) is 48.5 Å². The predicted molar refractivity (Wildman–Crippen MR) is 114 cm³/mol. The maximum atomic E-state index is 13.7. The Morgan fingerprint density at radius 2 is 1.71 bits per heavy atom. The van der Waals surface area contributed by atoms with Gasteiger partial charge in [0.15, 0.2) is 11.6 Å². The van der Waals surface area contributed by atoms with Crippen LogP contribution in [-0.4, -0.2) is 57.6 Å². The maximum absolute atomic E-state index is 13.7. The first-order valence-electron chi connectivity index (χ1n) is 9.52. The van der Waals surface area contributed by atoms with Gasteiger partial charge in [-0.3, -0.25) is 13.9 Å². The molecule has 0 aliphatic carbocycles. The van der Waals surface area contributed by atoms with E-state index in [1.54, 1.807) is 0 Å². The molecule has 31 heavy (non-hydrogen) atoms. The number of likely N-dealkylation sites (N-methyl/N-ethyl adjacent to an activating group) is 1. The molecule has 7 nitrogen and oxygen atoms in total. The van der Waals surface area contributed by atoms with E-state index >= 15 is 0 Å². The number of hydrogen-bond donors (Lipinski definition) is 1. The van der Waals surface area contributed by atoms with Crippen LogP contribution in [0.25, 0.3) is 0 Å². The van der Waals surface area contributed by atoms with Crippen LogP contribution >= 0.6 is 0 Å². The van der Waals surface area contributed by atoms with E-state index in [4.69, 9.17) is 0 Å². The molecule has 168 valence electrons. The van der Waals surface area contributed by atoms with Crippen molar-refractivity contribution in [3.63, 3.8) is 0 Å². The summed E-state index contributed by atoms with van der Waals surface area (Å²) in [6, 6.07) is 11.0. The molecule has 0 radical (unpaired) electrons. The standard InChI is InChI=1S/C21H25F2N3O4S/c1-15(21(28)24-2)25(12-11-16-7-5-4-6-8-16)20(27)14-26(31(3,29)30)17-9-10-18(22)19(23)13-17/h4-10,13,15H,11-12,14H2,1-3H3,(H,24,28)/t15-/m1/s1. The molecule has 2 rings (SSSR count). The molecular formula is C21H25F2N3O4S. The lowest BCUT2D eigenvalue weighted by molar-refractivity contribution is -0.138. The third-order valence-corrected chi connectivity index (χ3v) is 5.91. The first-order chi connectivity index (χ1) is 14.5. The van der Waals surface area contributed by atoms with Gasteiger partial charge in [-0.25, -0.2) is 17.2 Å². The van der Waals surface area contributed by atoms with Gasteiger partial charge >= 0.3 is 0 Å². The molecule has 0 unspecified atom stereocenters. The minimum absolute atomic E-state index is 0.160. The van der Waals surface area contributed by atoms with Gasteiger partial charge in [0.05, 0.1) is 11.9 Å². The predicted octanol–water partition coefficient (Wildman–Crippen LogP) is 1.94. The third kappa shape index (κ3) is 6.48. The molecule has 0 saturated heterocycles. The Hall–Kier alpha value is -3.01. The molecule has 0 bridgehead atoms. The highest BCUT2D eigenvalue weighted by Gasteiger charge is 2.29. The van der Waals surface area contributed by atoms with Crippen molar-refractivity contribution in [1.82, 2.24) is 10.2 Å². The Kier molecular flexibility index (Phi) is 8.09. The monoisotopic (exact) mass is 453 g/mol. The second kappa shape index (κ2) is 10.3. The third-order valence-electron chi connectivity index (χ3n) is 4.77. The van der Waals surface area contributed by atoms with Gasteiger partial charge in [0.1, 0.15) is 12.6 Å². The topological polar surface area (TPSA) is 86.8 Å². The number of carbonyl (C=O) groups excluding carboxylic acids is 2. The fourth-order valence-corrected chi connectivity index (χ4v) is 3.87. The summed E-state index contributed by atoms with van der Waals surface area (Å²) in [4.78, 5) is 26.5. The Morgan fingerprint density at radius 1 is 1.06 bits per heavy atom. The number of rotatable bonds is 9. The lowest BCUT2D eigenvalue weighted by atomic mass is 10.1. The molecule has 0 heterocycles. The van der Waals surface area contributed by atoms with Crippen LogP contribution in [0.2, 0.25) is 0 Å². The highest BCUT2D eigenvalue weighted by Crippen LogP contribution is 2.21. The number of hydrogen-bond acceptors (Lipinski definition) is 4. The van der Waals surface area contributed by atoms with Crippen molar-refractivity contribution in [2.24, 2.45) is 0 Å². The minimum Gasteiger partial charge on any atom is -0.357 e. The van der Waals surface area contributed by atoms with E-state index in [2.05, 4.69) is 5.32 Å². The number of sulfonamides is 1. The average Bonchev–Trinajstić information content (AvgIpc) is 2.73. The van der Waals surface area contributed by atoms with Gasteiger partial charge in [0.2, 0.25) is 21.8 Å². The van der Waals surface area contributed by atoms with Gasteiger partial charge < -0.3 is 10.2 Å². The lowest BCUT2D eigenvalue weighted by Crippen LogP contribution is -2.51. The Morgan fingerprint density at radius 3 is 2.26 bits per heavy atom. The zero-order chi connectivity index (χ0) is 23.2. The van der Waals surface area contributed by atoms with E-state index in [0.29, 0.717) is 16.8 Å². The minimum atomic E-state index is -4.00. The molecule has 1 atom stereocenters. The number of anilines is 1. The van der Waals surface area contributed by atoms with Crippen molar-refractivity contribution in [2.45, 2.75) is 19.4 Å². The Balaban J connectivity index is 2.31. The summed E-state index contributed by atoms with van der Waals surface area (Å²) >= 11 is 0. The Labute approximate surface area is 180 Å². The number of nitrogens with zero attached hydrogens (tertiary/aromatic N) is 2. The number of amides is 2. The summed E-state index contributed by atoms with van der Waals surface area (Å²) < 4.78 is 52.2. The van der Waals surface area contributed by atoms with Crippen LogP contribution in [-0.2, 0) is 26.0 Å². The SMILES string of the molecule is CNC(=O)[C@@H](C)N(CCc1ccccc1)C(=O)CN(c1ccc(F)c(F)c1)S(C)(=O)=O. The summed E-state index contributed by atoms with van der Waals surface area (Å²) in [7, 11) is -2.57. The van der Waals surface area contributed by atoms with E-state index in [-0.39, 0.29) is 12.2 Å². The summed E-state index contributed by atoms with van der Waals surface area (Å²) in [6.45, 7) is 1.02. The highest BCUT2D eigenvalue weighted by atomic mass is 32.2. The van der Waals surface area contributed by atoms with Crippen LogP contribution < -0.4 is 9.62 Å². The van der Waals surface area contributed by atoms with Crippen LogP contribution in [0.1, 0.15) is 12.5 Å². The number of benzene rings is 2. The largest absolute Gasteiger partial charge is 0.357 e. The first-order valence-corrected chi connectivity index (χ1v) is 11.4. The zero-order valence-corrected chi connectivity index (χ0v) is 18.3. The summed E-state index contributed by atoms with van der Waals surface area (Å²) in [6.07, 6.45) is 1.30. The smallest absolute Gasteiger partial charge is 0.244 e. The maximum Gasteiger partial charge on any atom is 0.244 e. The van der Waals surface area contributed by atoms with Gasteiger partial charge in [-0.2, -0.15) is 0 Å². The van der Waals surface area contributed by atoms with Crippen LogP contribution in [0.5, 0.6) is 0 Å².